The summed E-state index contributed by atoms with van der Waals surface area (Å²) >= 11 is 0. The Morgan fingerprint density at radius 2 is 2.00 bits per heavy atom. The molecule has 0 aromatic carbocycles. The second kappa shape index (κ2) is 7.21. The number of aromatic nitrogens is 3. The summed E-state index contributed by atoms with van der Waals surface area (Å²) in [4.78, 5) is 57.6. The largest absolute Gasteiger partial charge is 0.481 e. The van der Waals surface area contributed by atoms with Gasteiger partial charge >= 0.3 is 11.7 Å². The molecule has 9 heteroatoms. The van der Waals surface area contributed by atoms with E-state index in [4.69, 9.17) is 0 Å². The van der Waals surface area contributed by atoms with E-state index in [0.717, 1.165) is 0 Å². The molecule has 0 unspecified atom stereocenters. The van der Waals surface area contributed by atoms with Gasteiger partial charge in [-0.2, -0.15) is 0 Å². The number of H-pyrrole nitrogens is 1. The van der Waals surface area contributed by atoms with Crippen LogP contribution in [0.1, 0.15) is 49.7 Å². The Kier molecular flexibility index (Phi) is 5.10. The van der Waals surface area contributed by atoms with Crippen molar-refractivity contribution in [3.63, 3.8) is 0 Å². The molecule has 1 saturated heterocycles. The number of pyridine rings is 1. The molecule has 9 nitrogen and oxygen atoms in total. The third-order valence-electron chi connectivity index (χ3n) is 5.32. The standard InChI is InChI=1S/C19H24N4O5/c1-5-23-15-14(16(24)21-19(23)28)11(6-13(20-15)9(2)3)17(25)22-7-10(4)12(8-22)18(26)27/h6,9-10,12H,5,7-8H2,1-4H3,(H,26,27)(H,21,24,28)/t10-,12-/m1/s1. The molecule has 1 amide bonds. The first-order chi connectivity index (χ1) is 13.1. The van der Waals surface area contributed by atoms with E-state index in [0.29, 0.717) is 12.2 Å². The molecule has 3 heterocycles. The lowest BCUT2D eigenvalue weighted by atomic mass is 9.99. The van der Waals surface area contributed by atoms with Crippen LogP contribution in [0.4, 0.5) is 0 Å². The van der Waals surface area contributed by atoms with Gasteiger partial charge in [0.2, 0.25) is 0 Å². The maximum atomic E-state index is 13.3. The molecule has 28 heavy (non-hydrogen) atoms. The van der Waals surface area contributed by atoms with Crippen LogP contribution < -0.4 is 11.2 Å². The number of carboxylic acids is 1. The highest BCUT2D eigenvalue weighted by molar-refractivity contribution is 6.05. The fourth-order valence-corrected chi connectivity index (χ4v) is 3.68. The van der Waals surface area contributed by atoms with Crippen molar-refractivity contribution in [1.82, 2.24) is 19.4 Å². The van der Waals surface area contributed by atoms with Gasteiger partial charge in [-0.25, -0.2) is 9.78 Å². The summed E-state index contributed by atoms with van der Waals surface area (Å²) < 4.78 is 1.33. The number of likely N-dealkylation sites (tertiary alicyclic amines) is 1. The second-order valence-electron chi connectivity index (χ2n) is 7.58. The number of nitrogens with one attached hydrogen (secondary N) is 1. The van der Waals surface area contributed by atoms with E-state index in [9.17, 15) is 24.3 Å². The molecule has 0 aliphatic carbocycles. The Morgan fingerprint density at radius 3 is 2.54 bits per heavy atom. The molecule has 1 aliphatic heterocycles. The van der Waals surface area contributed by atoms with Crippen LogP contribution in [0.25, 0.3) is 11.0 Å². The number of hydrogen-bond donors (Lipinski definition) is 2. The number of nitrogens with zero attached hydrogens (tertiary/aromatic N) is 3. The molecule has 2 N–H and O–H groups in total. The van der Waals surface area contributed by atoms with E-state index in [1.165, 1.54) is 9.47 Å². The summed E-state index contributed by atoms with van der Waals surface area (Å²) in [7, 11) is 0. The zero-order chi connectivity index (χ0) is 20.7. The number of carbonyl (C=O) groups is 2. The third-order valence-corrected chi connectivity index (χ3v) is 5.32. The van der Waals surface area contributed by atoms with E-state index in [-0.39, 0.29) is 41.5 Å². The zero-order valence-electron chi connectivity index (χ0n) is 16.4. The van der Waals surface area contributed by atoms with Crippen molar-refractivity contribution in [2.75, 3.05) is 13.1 Å². The van der Waals surface area contributed by atoms with Crippen LogP contribution in [0.2, 0.25) is 0 Å². The molecule has 0 saturated carbocycles. The summed E-state index contributed by atoms with van der Waals surface area (Å²) in [5, 5.41) is 9.40. The van der Waals surface area contributed by atoms with Crippen molar-refractivity contribution in [2.24, 2.45) is 11.8 Å². The fourth-order valence-electron chi connectivity index (χ4n) is 3.68. The van der Waals surface area contributed by atoms with Crippen molar-refractivity contribution >= 4 is 22.9 Å². The normalized spacial score (nSPS) is 19.5. The predicted molar refractivity (Wildman–Crippen MR) is 103 cm³/mol. The summed E-state index contributed by atoms with van der Waals surface area (Å²) in [6.07, 6.45) is 0. The summed E-state index contributed by atoms with van der Waals surface area (Å²) in [5.74, 6) is -2.22. The van der Waals surface area contributed by atoms with Gasteiger partial charge in [0.05, 0.1) is 16.9 Å². The van der Waals surface area contributed by atoms with Crippen LogP contribution in [-0.4, -0.2) is 49.5 Å². The number of amides is 1. The fraction of sp³-hybridized carbons (Fsp3) is 0.526. The van der Waals surface area contributed by atoms with Crippen LogP contribution in [0.5, 0.6) is 0 Å². The Hall–Kier alpha value is -2.97. The lowest BCUT2D eigenvalue weighted by Crippen LogP contribution is -2.34. The number of carboxylic acid groups (broad SMARTS) is 1. The molecule has 0 radical (unpaired) electrons. The van der Waals surface area contributed by atoms with Gasteiger partial charge < -0.3 is 10.0 Å². The number of rotatable bonds is 4. The van der Waals surface area contributed by atoms with Crippen LogP contribution in [0.15, 0.2) is 15.7 Å². The van der Waals surface area contributed by atoms with Crippen LogP contribution in [0.3, 0.4) is 0 Å². The van der Waals surface area contributed by atoms with Gasteiger partial charge in [-0.05, 0) is 24.8 Å². The van der Waals surface area contributed by atoms with Gasteiger partial charge in [0.15, 0.2) is 5.65 Å². The summed E-state index contributed by atoms with van der Waals surface area (Å²) in [6.45, 7) is 8.02. The van der Waals surface area contributed by atoms with Crippen molar-refractivity contribution in [3.8, 4) is 0 Å². The molecular weight excluding hydrogens is 364 g/mol. The highest BCUT2D eigenvalue weighted by Gasteiger charge is 2.38. The van der Waals surface area contributed by atoms with Crippen molar-refractivity contribution in [3.05, 3.63) is 38.2 Å². The Labute approximate surface area is 161 Å². The number of carbonyl (C=O) groups excluding carboxylic acids is 1. The average Bonchev–Trinajstić information content (AvgIpc) is 3.02. The first-order valence-corrected chi connectivity index (χ1v) is 9.35. The number of aromatic amines is 1. The number of aryl methyl sites for hydroxylation is 1. The topological polar surface area (TPSA) is 125 Å². The Bertz CT molecular complexity index is 1070. The number of hydrogen-bond acceptors (Lipinski definition) is 5. The zero-order valence-corrected chi connectivity index (χ0v) is 16.4. The lowest BCUT2D eigenvalue weighted by Gasteiger charge is -2.19. The Balaban J connectivity index is 2.23. The molecular formula is C19H24N4O5. The average molecular weight is 388 g/mol. The quantitative estimate of drug-likeness (QED) is 0.805. The molecule has 3 rings (SSSR count). The molecule has 1 aliphatic rings. The minimum absolute atomic E-state index is 0.0279. The van der Waals surface area contributed by atoms with Gasteiger partial charge in [-0.3, -0.25) is 23.9 Å². The highest BCUT2D eigenvalue weighted by atomic mass is 16.4. The van der Waals surface area contributed by atoms with Crippen molar-refractivity contribution in [2.45, 2.75) is 40.2 Å². The smallest absolute Gasteiger partial charge is 0.329 e. The predicted octanol–water partition coefficient (Wildman–Crippen LogP) is 1.02. The number of aliphatic carboxylic acids is 1. The van der Waals surface area contributed by atoms with Crippen molar-refractivity contribution in [1.29, 1.82) is 0 Å². The SMILES string of the molecule is CCn1c(=O)[nH]c(=O)c2c(C(=O)N3C[C@@H](C)[C@H](C(=O)O)C3)cc(C(C)C)nc21. The van der Waals surface area contributed by atoms with Crippen molar-refractivity contribution < 1.29 is 14.7 Å². The Morgan fingerprint density at radius 1 is 1.32 bits per heavy atom. The number of fused-ring (bicyclic) bond motifs is 1. The van der Waals surface area contributed by atoms with E-state index in [1.54, 1.807) is 19.9 Å². The molecule has 2 aromatic heterocycles. The molecule has 2 atom stereocenters. The maximum absolute atomic E-state index is 13.3. The van der Waals surface area contributed by atoms with E-state index >= 15 is 0 Å². The molecule has 2 aromatic rings. The minimum Gasteiger partial charge on any atom is -0.481 e. The van der Waals surface area contributed by atoms with Crippen LogP contribution in [0, 0.1) is 11.8 Å². The maximum Gasteiger partial charge on any atom is 0.329 e. The van der Waals surface area contributed by atoms with Gasteiger partial charge in [0.25, 0.3) is 11.5 Å². The summed E-state index contributed by atoms with van der Waals surface area (Å²) in [5.41, 5.74) is -0.335. The van der Waals surface area contributed by atoms with Crippen LogP contribution >= 0.6 is 0 Å². The van der Waals surface area contributed by atoms with E-state index < -0.39 is 29.0 Å². The van der Waals surface area contributed by atoms with Gasteiger partial charge in [-0.15, -0.1) is 0 Å². The van der Waals surface area contributed by atoms with E-state index in [1.807, 2.05) is 13.8 Å². The first-order valence-electron chi connectivity index (χ1n) is 9.35. The first kappa shape index (κ1) is 19.8. The molecule has 0 spiro atoms. The second-order valence-corrected chi connectivity index (χ2v) is 7.58. The van der Waals surface area contributed by atoms with Crippen LogP contribution in [-0.2, 0) is 11.3 Å². The third kappa shape index (κ3) is 3.21. The molecule has 0 bridgehead atoms. The molecule has 1 fully saturated rings. The van der Waals surface area contributed by atoms with E-state index in [2.05, 4.69) is 9.97 Å². The van der Waals surface area contributed by atoms with Gasteiger partial charge in [0, 0.05) is 25.3 Å². The lowest BCUT2D eigenvalue weighted by molar-refractivity contribution is -0.142. The van der Waals surface area contributed by atoms with Gasteiger partial charge in [-0.1, -0.05) is 20.8 Å². The monoisotopic (exact) mass is 388 g/mol. The van der Waals surface area contributed by atoms with Gasteiger partial charge in [0.1, 0.15) is 0 Å². The minimum atomic E-state index is -0.942. The highest BCUT2D eigenvalue weighted by Crippen LogP contribution is 2.27. The molecule has 150 valence electrons. The summed E-state index contributed by atoms with van der Waals surface area (Å²) in [6, 6.07) is 1.58.